The van der Waals surface area contributed by atoms with Gasteiger partial charge in [0.25, 0.3) is 0 Å². The maximum Gasteiger partial charge on any atom is 0.243 e. The molecular formula is C17H25Cl2N3O3S. The fourth-order valence-electron chi connectivity index (χ4n) is 3.40. The highest BCUT2D eigenvalue weighted by Crippen LogP contribution is 2.21. The van der Waals surface area contributed by atoms with Gasteiger partial charge in [0, 0.05) is 37.6 Å². The van der Waals surface area contributed by atoms with E-state index in [0.29, 0.717) is 43.5 Å². The molecule has 1 aromatic carbocycles. The molecule has 0 spiro atoms. The highest BCUT2D eigenvalue weighted by atomic mass is 35.5. The van der Waals surface area contributed by atoms with Crippen molar-refractivity contribution in [1.29, 1.82) is 0 Å². The topological polar surface area (TPSA) is 69.7 Å². The molecule has 1 unspecified atom stereocenters. The van der Waals surface area contributed by atoms with Crippen molar-refractivity contribution in [3.63, 3.8) is 0 Å². The van der Waals surface area contributed by atoms with Gasteiger partial charge in [-0.15, -0.1) is 12.4 Å². The Bertz CT molecular complexity index is 716. The van der Waals surface area contributed by atoms with Crippen LogP contribution in [0.25, 0.3) is 0 Å². The lowest BCUT2D eigenvalue weighted by Gasteiger charge is -2.34. The monoisotopic (exact) mass is 421 g/mol. The third kappa shape index (κ3) is 5.10. The van der Waals surface area contributed by atoms with Crippen LogP contribution in [0, 0.1) is 5.92 Å². The van der Waals surface area contributed by atoms with Crippen molar-refractivity contribution in [2.75, 3.05) is 39.3 Å². The molecule has 2 aliphatic rings. The maximum absolute atomic E-state index is 12.7. The molecule has 0 saturated carbocycles. The van der Waals surface area contributed by atoms with Crippen LogP contribution in [0.2, 0.25) is 5.02 Å². The first-order chi connectivity index (χ1) is 12.0. The van der Waals surface area contributed by atoms with E-state index in [-0.39, 0.29) is 23.2 Å². The zero-order chi connectivity index (χ0) is 17.9. The lowest BCUT2D eigenvalue weighted by molar-refractivity contribution is -0.132. The molecule has 0 radical (unpaired) electrons. The molecule has 1 atom stereocenters. The number of benzene rings is 1. The molecule has 2 heterocycles. The molecule has 2 fully saturated rings. The van der Waals surface area contributed by atoms with E-state index in [9.17, 15) is 13.2 Å². The van der Waals surface area contributed by atoms with E-state index >= 15 is 0 Å². The molecule has 6 nitrogen and oxygen atoms in total. The molecule has 1 N–H and O–H groups in total. The summed E-state index contributed by atoms with van der Waals surface area (Å²) in [5.41, 5.74) is 0. The second-order valence-electron chi connectivity index (χ2n) is 6.64. The zero-order valence-corrected chi connectivity index (χ0v) is 17.0. The van der Waals surface area contributed by atoms with Gasteiger partial charge >= 0.3 is 0 Å². The number of piperazine rings is 1. The van der Waals surface area contributed by atoms with Crippen LogP contribution in [0.5, 0.6) is 0 Å². The summed E-state index contributed by atoms with van der Waals surface area (Å²) in [6.45, 7) is 3.58. The van der Waals surface area contributed by atoms with Gasteiger partial charge in [-0.2, -0.15) is 4.31 Å². The number of amides is 1. The predicted molar refractivity (Wildman–Crippen MR) is 104 cm³/mol. The average molecular weight is 422 g/mol. The van der Waals surface area contributed by atoms with Gasteiger partial charge in [0.05, 0.1) is 4.90 Å². The molecule has 0 aromatic heterocycles. The number of carbonyl (C=O) groups excluding carboxylic acids is 1. The number of hydrogen-bond acceptors (Lipinski definition) is 4. The van der Waals surface area contributed by atoms with Crippen LogP contribution in [0.1, 0.15) is 19.3 Å². The summed E-state index contributed by atoms with van der Waals surface area (Å²) in [5.74, 6) is 0.722. The van der Waals surface area contributed by atoms with Crippen LogP contribution in [0.4, 0.5) is 0 Å². The van der Waals surface area contributed by atoms with E-state index in [1.54, 1.807) is 23.1 Å². The van der Waals surface area contributed by atoms with Crippen molar-refractivity contribution >= 4 is 39.9 Å². The van der Waals surface area contributed by atoms with Gasteiger partial charge in [0.15, 0.2) is 0 Å². The molecule has 146 valence electrons. The Morgan fingerprint density at radius 2 is 1.96 bits per heavy atom. The molecule has 1 amide bonds. The highest BCUT2D eigenvalue weighted by molar-refractivity contribution is 7.89. The lowest BCUT2D eigenvalue weighted by Crippen LogP contribution is -2.50. The number of rotatable bonds is 5. The van der Waals surface area contributed by atoms with Gasteiger partial charge in [-0.3, -0.25) is 4.79 Å². The van der Waals surface area contributed by atoms with Crippen molar-refractivity contribution < 1.29 is 13.2 Å². The van der Waals surface area contributed by atoms with E-state index in [1.165, 1.54) is 10.4 Å². The van der Waals surface area contributed by atoms with Crippen molar-refractivity contribution in [3.8, 4) is 0 Å². The van der Waals surface area contributed by atoms with Gasteiger partial charge in [-0.05, 0) is 50.0 Å². The summed E-state index contributed by atoms with van der Waals surface area (Å²) >= 11 is 5.90. The molecule has 1 aromatic rings. The first kappa shape index (κ1) is 21.4. The number of carbonyl (C=O) groups is 1. The minimum Gasteiger partial charge on any atom is -0.340 e. The Kier molecular flexibility index (Phi) is 7.73. The van der Waals surface area contributed by atoms with Crippen LogP contribution < -0.4 is 5.32 Å². The normalized spacial score (nSPS) is 21.4. The standard InChI is InChI=1S/C17H24ClN3O3S.ClH/c18-15-2-1-3-16(12-15)25(23,24)21-10-8-20(9-11-21)17(22)5-4-14-6-7-19-13-14;/h1-3,12,14,19H,4-11,13H2;1H. The Balaban J connectivity index is 0.00000243. The van der Waals surface area contributed by atoms with Crippen molar-refractivity contribution in [3.05, 3.63) is 29.3 Å². The number of nitrogens with zero attached hydrogens (tertiary/aromatic N) is 2. The summed E-state index contributed by atoms with van der Waals surface area (Å²) < 4.78 is 26.8. The molecule has 2 aliphatic heterocycles. The van der Waals surface area contributed by atoms with Crippen LogP contribution in [-0.4, -0.2) is 62.8 Å². The fraction of sp³-hybridized carbons (Fsp3) is 0.588. The van der Waals surface area contributed by atoms with Gasteiger partial charge in [0.1, 0.15) is 0 Å². The zero-order valence-electron chi connectivity index (χ0n) is 14.6. The lowest BCUT2D eigenvalue weighted by atomic mass is 10.0. The van der Waals surface area contributed by atoms with Crippen LogP contribution in [0.15, 0.2) is 29.2 Å². The second-order valence-corrected chi connectivity index (χ2v) is 9.01. The summed E-state index contributed by atoms with van der Waals surface area (Å²) in [4.78, 5) is 14.3. The second kappa shape index (κ2) is 9.37. The Labute approximate surface area is 166 Å². The van der Waals surface area contributed by atoms with Gasteiger partial charge in [-0.25, -0.2) is 8.42 Å². The van der Waals surface area contributed by atoms with E-state index in [2.05, 4.69) is 5.32 Å². The number of sulfonamides is 1. The third-order valence-electron chi connectivity index (χ3n) is 4.95. The van der Waals surface area contributed by atoms with E-state index in [0.717, 1.165) is 25.9 Å². The summed E-state index contributed by atoms with van der Waals surface area (Å²) in [5, 5.41) is 3.71. The largest absolute Gasteiger partial charge is 0.340 e. The average Bonchev–Trinajstić information content (AvgIpc) is 3.13. The first-order valence-corrected chi connectivity index (χ1v) is 10.5. The number of halogens is 2. The SMILES string of the molecule is Cl.O=C(CCC1CCNC1)N1CCN(S(=O)(=O)c2cccc(Cl)c2)CC1. The molecule has 9 heteroatoms. The molecule has 2 saturated heterocycles. The molecular weight excluding hydrogens is 397 g/mol. The summed E-state index contributed by atoms with van der Waals surface area (Å²) in [7, 11) is -3.56. The van der Waals surface area contributed by atoms with Crippen LogP contribution in [-0.2, 0) is 14.8 Å². The third-order valence-corrected chi connectivity index (χ3v) is 7.08. The minimum atomic E-state index is -3.56. The van der Waals surface area contributed by atoms with Gasteiger partial charge in [-0.1, -0.05) is 17.7 Å². The number of hydrogen-bond donors (Lipinski definition) is 1. The molecule has 3 rings (SSSR count). The molecule has 0 aliphatic carbocycles. The van der Waals surface area contributed by atoms with E-state index in [1.807, 2.05) is 0 Å². The van der Waals surface area contributed by atoms with E-state index < -0.39 is 10.0 Å². The van der Waals surface area contributed by atoms with E-state index in [4.69, 9.17) is 11.6 Å². The quantitative estimate of drug-likeness (QED) is 0.788. The fourth-order valence-corrected chi connectivity index (χ4v) is 5.12. The van der Waals surface area contributed by atoms with Crippen molar-refractivity contribution in [2.45, 2.75) is 24.2 Å². The van der Waals surface area contributed by atoms with Crippen molar-refractivity contribution in [1.82, 2.24) is 14.5 Å². The summed E-state index contributed by atoms with van der Waals surface area (Å²) in [6, 6.07) is 6.29. The maximum atomic E-state index is 12.7. The van der Waals surface area contributed by atoms with Gasteiger partial charge in [0.2, 0.25) is 15.9 Å². The Morgan fingerprint density at radius 3 is 2.58 bits per heavy atom. The van der Waals surface area contributed by atoms with Gasteiger partial charge < -0.3 is 10.2 Å². The smallest absolute Gasteiger partial charge is 0.243 e. The highest BCUT2D eigenvalue weighted by Gasteiger charge is 2.30. The van der Waals surface area contributed by atoms with Crippen LogP contribution in [0.3, 0.4) is 0 Å². The van der Waals surface area contributed by atoms with Crippen LogP contribution >= 0.6 is 24.0 Å². The Hall–Kier alpha value is -0.860. The molecule has 26 heavy (non-hydrogen) atoms. The minimum absolute atomic E-state index is 0. The predicted octanol–water partition coefficient (Wildman–Crippen LogP) is 1.98. The Morgan fingerprint density at radius 1 is 1.23 bits per heavy atom. The molecule has 0 bridgehead atoms. The number of nitrogens with one attached hydrogen (secondary N) is 1. The van der Waals surface area contributed by atoms with Crippen molar-refractivity contribution in [2.24, 2.45) is 5.92 Å². The first-order valence-electron chi connectivity index (χ1n) is 8.71. The summed E-state index contributed by atoms with van der Waals surface area (Å²) in [6.07, 6.45) is 2.60.